The van der Waals surface area contributed by atoms with E-state index >= 15 is 0 Å². The molecular formula is C25H26ClN3O7. The Kier molecular flexibility index (Phi) is 7.88. The molecule has 0 unspecified atom stereocenters. The number of morpholine rings is 1. The minimum Gasteiger partial charge on any atom is -0.507 e. The lowest BCUT2D eigenvalue weighted by Gasteiger charge is -2.29. The lowest BCUT2D eigenvalue weighted by atomic mass is 9.95. The first kappa shape index (κ1) is 25.6. The van der Waals surface area contributed by atoms with Gasteiger partial charge in [0, 0.05) is 43.9 Å². The van der Waals surface area contributed by atoms with Crippen molar-refractivity contribution in [3.63, 3.8) is 0 Å². The number of nitrogens with zero attached hydrogens (tertiary/aromatic N) is 3. The number of hydrogen-bond donors (Lipinski definition) is 1. The van der Waals surface area contributed by atoms with E-state index in [0.717, 1.165) is 13.1 Å². The fourth-order valence-electron chi connectivity index (χ4n) is 4.49. The van der Waals surface area contributed by atoms with E-state index in [9.17, 15) is 24.8 Å². The number of ketones is 1. The van der Waals surface area contributed by atoms with Gasteiger partial charge in [0.05, 0.1) is 41.9 Å². The number of benzene rings is 2. The summed E-state index contributed by atoms with van der Waals surface area (Å²) in [5.41, 5.74) is 0.512. The summed E-state index contributed by atoms with van der Waals surface area (Å²) in [4.78, 5) is 40.5. The molecule has 2 aromatic carbocycles. The van der Waals surface area contributed by atoms with Gasteiger partial charge in [-0.15, -0.1) is 0 Å². The first-order valence-electron chi connectivity index (χ1n) is 11.5. The van der Waals surface area contributed by atoms with E-state index in [2.05, 4.69) is 4.90 Å². The number of methoxy groups -OCH3 is 1. The van der Waals surface area contributed by atoms with Crippen LogP contribution in [0.1, 0.15) is 23.6 Å². The third-order valence-corrected chi connectivity index (χ3v) is 6.66. The third-order valence-electron chi connectivity index (χ3n) is 6.36. The van der Waals surface area contributed by atoms with E-state index in [1.54, 1.807) is 12.1 Å². The quantitative estimate of drug-likeness (QED) is 0.186. The summed E-state index contributed by atoms with van der Waals surface area (Å²) >= 11 is 6.22. The van der Waals surface area contributed by atoms with Crippen LogP contribution in [0.2, 0.25) is 5.02 Å². The topological polar surface area (TPSA) is 122 Å². The van der Waals surface area contributed by atoms with Gasteiger partial charge in [-0.1, -0.05) is 11.6 Å². The van der Waals surface area contributed by atoms with Gasteiger partial charge in [0.1, 0.15) is 11.5 Å². The maximum absolute atomic E-state index is 13.2. The van der Waals surface area contributed by atoms with Crippen molar-refractivity contribution in [3.8, 4) is 5.75 Å². The van der Waals surface area contributed by atoms with Crippen molar-refractivity contribution in [2.45, 2.75) is 12.5 Å². The fourth-order valence-corrected chi connectivity index (χ4v) is 4.75. The Morgan fingerprint density at radius 1 is 1.17 bits per heavy atom. The summed E-state index contributed by atoms with van der Waals surface area (Å²) in [7, 11) is 1.46. The van der Waals surface area contributed by atoms with Crippen molar-refractivity contribution in [3.05, 3.63) is 74.3 Å². The Balaban J connectivity index is 1.70. The molecule has 36 heavy (non-hydrogen) atoms. The fraction of sp³-hybridized carbons (Fsp3) is 0.360. The molecule has 0 aliphatic carbocycles. The number of aliphatic hydroxyl groups excluding tert-OH is 1. The number of amides is 1. The lowest BCUT2D eigenvalue weighted by Crippen LogP contribution is -2.38. The van der Waals surface area contributed by atoms with Crippen LogP contribution in [0.15, 0.2) is 48.0 Å². The number of nitro benzene ring substituents is 1. The number of likely N-dealkylation sites (tertiary alicyclic amines) is 1. The average molecular weight is 516 g/mol. The zero-order chi connectivity index (χ0) is 25.8. The van der Waals surface area contributed by atoms with Crippen LogP contribution in [-0.4, -0.2) is 78.0 Å². The Hall–Kier alpha value is -3.47. The van der Waals surface area contributed by atoms with E-state index < -0.39 is 22.7 Å². The summed E-state index contributed by atoms with van der Waals surface area (Å²) in [6, 6.07) is 9.26. The summed E-state index contributed by atoms with van der Waals surface area (Å²) in [5, 5.41) is 22.5. The van der Waals surface area contributed by atoms with Crippen molar-refractivity contribution >= 4 is 34.7 Å². The molecule has 190 valence electrons. The Morgan fingerprint density at radius 2 is 1.86 bits per heavy atom. The van der Waals surface area contributed by atoms with Crippen LogP contribution >= 0.6 is 11.6 Å². The first-order chi connectivity index (χ1) is 17.3. The predicted molar refractivity (Wildman–Crippen MR) is 132 cm³/mol. The van der Waals surface area contributed by atoms with Crippen LogP contribution in [0.5, 0.6) is 5.75 Å². The highest BCUT2D eigenvalue weighted by Gasteiger charge is 2.46. The van der Waals surface area contributed by atoms with Crippen LogP contribution in [0.25, 0.3) is 5.76 Å². The monoisotopic (exact) mass is 515 g/mol. The number of ether oxygens (including phenoxy) is 2. The van der Waals surface area contributed by atoms with Crippen LogP contribution < -0.4 is 4.74 Å². The molecular weight excluding hydrogens is 490 g/mol. The third kappa shape index (κ3) is 5.20. The summed E-state index contributed by atoms with van der Waals surface area (Å²) in [6.45, 7) is 3.87. The molecule has 1 atom stereocenters. The van der Waals surface area contributed by atoms with E-state index in [4.69, 9.17) is 21.1 Å². The summed E-state index contributed by atoms with van der Waals surface area (Å²) in [5.74, 6) is -1.55. The largest absolute Gasteiger partial charge is 0.507 e. The van der Waals surface area contributed by atoms with Gasteiger partial charge in [-0.2, -0.15) is 0 Å². The highest BCUT2D eigenvalue weighted by atomic mass is 35.5. The smallest absolute Gasteiger partial charge is 0.295 e. The van der Waals surface area contributed by atoms with Crippen LogP contribution in [0, 0.1) is 10.1 Å². The number of carbonyl (C=O) groups is 2. The van der Waals surface area contributed by atoms with Gasteiger partial charge in [-0.25, -0.2) is 0 Å². The second-order valence-electron chi connectivity index (χ2n) is 8.50. The van der Waals surface area contributed by atoms with Gasteiger partial charge in [-0.3, -0.25) is 24.6 Å². The zero-order valence-electron chi connectivity index (χ0n) is 19.7. The zero-order valence-corrected chi connectivity index (χ0v) is 20.4. The molecule has 10 nitrogen and oxygen atoms in total. The number of aliphatic hydroxyl groups is 1. The first-order valence-corrected chi connectivity index (χ1v) is 11.9. The summed E-state index contributed by atoms with van der Waals surface area (Å²) < 4.78 is 10.5. The number of hydrogen-bond acceptors (Lipinski definition) is 8. The molecule has 2 aliphatic rings. The highest BCUT2D eigenvalue weighted by molar-refractivity contribution is 6.46. The van der Waals surface area contributed by atoms with Crippen LogP contribution in [0.4, 0.5) is 5.69 Å². The number of Topliss-reactive ketones (excluding diaryl/α,β-unsaturated/α-hetero) is 1. The number of halogens is 1. The molecule has 2 fully saturated rings. The lowest BCUT2D eigenvalue weighted by molar-refractivity contribution is -0.384. The number of rotatable bonds is 8. The van der Waals surface area contributed by atoms with Crippen LogP contribution in [0.3, 0.4) is 0 Å². The number of carbonyl (C=O) groups excluding carboxylic acids is 2. The van der Waals surface area contributed by atoms with Gasteiger partial charge < -0.3 is 19.5 Å². The highest BCUT2D eigenvalue weighted by Crippen LogP contribution is 2.40. The van der Waals surface area contributed by atoms with E-state index in [1.807, 2.05) is 0 Å². The molecule has 1 N–H and O–H groups in total. The molecule has 0 saturated carbocycles. The van der Waals surface area contributed by atoms with Crippen molar-refractivity contribution in [1.29, 1.82) is 0 Å². The maximum atomic E-state index is 13.2. The SMILES string of the molecule is COc1ccc(C(O)=C2C(=O)C(=O)N(CCCN3CCOCC3)[C@@H]2c2ccc([N+](=O)[O-])cc2)cc1Cl. The molecule has 2 heterocycles. The van der Waals surface area contributed by atoms with E-state index in [-0.39, 0.29) is 34.2 Å². The number of non-ortho nitro benzene ring substituents is 1. The molecule has 2 aliphatic heterocycles. The van der Waals surface area contributed by atoms with E-state index in [0.29, 0.717) is 37.5 Å². The van der Waals surface area contributed by atoms with Gasteiger partial charge >= 0.3 is 0 Å². The molecule has 2 saturated heterocycles. The molecule has 2 aromatic rings. The normalized spacial score (nSPS) is 20.1. The van der Waals surface area contributed by atoms with Crippen LogP contribution in [-0.2, 0) is 14.3 Å². The van der Waals surface area contributed by atoms with E-state index in [1.165, 1.54) is 42.3 Å². The van der Waals surface area contributed by atoms with Crippen molar-refractivity contribution in [1.82, 2.24) is 9.80 Å². The Labute approximate surface area is 212 Å². The molecule has 0 spiro atoms. The number of nitro groups is 1. The maximum Gasteiger partial charge on any atom is 0.295 e. The predicted octanol–water partition coefficient (Wildman–Crippen LogP) is 3.40. The van der Waals surface area contributed by atoms with Crippen molar-refractivity contribution < 1.29 is 29.1 Å². The second-order valence-corrected chi connectivity index (χ2v) is 8.91. The molecule has 0 bridgehead atoms. The molecule has 0 radical (unpaired) electrons. The van der Waals surface area contributed by atoms with Gasteiger partial charge in [0.15, 0.2) is 0 Å². The van der Waals surface area contributed by atoms with Crippen molar-refractivity contribution in [2.75, 3.05) is 46.5 Å². The molecule has 11 heteroatoms. The Morgan fingerprint density at radius 3 is 2.47 bits per heavy atom. The average Bonchev–Trinajstić information content (AvgIpc) is 3.14. The van der Waals surface area contributed by atoms with Gasteiger partial charge in [-0.05, 0) is 42.3 Å². The molecule has 4 rings (SSSR count). The van der Waals surface area contributed by atoms with Gasteiger partial charge in [0.25, 0.3) is 17.4 Å². The van der Waals surface area contributed by atoms with Gasteiger partial charge in [0.2, 0.25) is 0 Å². The minimum absolute atomic E-state index is 0.0959. The van der Waals surface area contributed by atoms with Crippen molar-refractivity contribution in [2.24, 2.45) is 0 Å². The standard InChI is InChI=1S/C25H26ClN3O7/c1-35-20-8-5-17(15-19(20)26)23(30)21-22(16-3-6-18(7-4-16)29(33)34)28(25(32)24(21)31)10-2-9-27-11-13-36-14-12-27/h3-8,15,22,30H,2,9-14H2,1H3/t22-/m1/s1. The summed E-state index contributed by atoms with van der Waals surface area (Å²) in [6.07, 6.45) is 0.602. The second kappa shape index (κ2) is 11.1. The Bertz CT molecular complexity index is 1190. The molecule has 1 amide bonds. The molecule has 0 aromatic heterocycles. The minimum atomic E-state index is -0.906.